The van der Waals surface area contributed by atoms with E-state index in [-0.39, 0.29) is 17.4 Å². The summed E-state index contributed by atoms with van der Waals surface area (Å²) < 4.78 is 0. The molecule has 1 aromatic rings. The Balaban J connectivity index is 1.76. The van der Waals surface area contributed by atoms with Crippen molar-refractivity contribution in [3.63, 3.8) is 0 Å². The normalized spacial score (nSPS) is 23.0. The molecule has 4 heteroatoms. The zero-order chi connectivity index (χ0) is 13.7. The summed E-state index contributed by atoms with van der Waals surface area (Å²) in [4.78, 5) is 15.7. The SMILES string of the molecule is CC1CCCC(CCNC(=O)c2ncccc2O)C1. The summed E-state index contributed by atoms with van der Waals surface area (Å²) in [5.41, 5.74) is 0.111. The molecule has 2 unspecified atom stereocenters. The molecule has 0 aliphatic heterocycles. The Morgan fingerprint density at radius 1 is 1.53 bits per heavy atom. The molecule has 0 radical (unpaired) electrons. The number of aromatic nitrogens is 1. The Labute approximate surface area is 114 Å². The zero-order valence-electron chi connectivity index (χ0n) is 11.4. The third-order valence-corrected chi connectivity index (χ3v) is 3.88. The summed E-state index contributed by atoms with van der Waals surface area (Å²) in [6.07, 6.45) is 7.71. The summed E-state index contributed by atoms with van der Waals surface area (Å²) in [6, 6.07) is 3.08. The lowest BCUT2D eigenvalue weighted by Gasteiger charge is -2.26. The van der Waals surface area contributed by atoms with E-state index in [4.69, 9.17) is 0 Å². The fourth-order valence-electron chi connectivity index (χ4n) is 2.87. The first-order chi connectivity index (χ1) is 9.16. The zero-order valence-corrected chi connectivity index (χ0v) is 11.4. The van der Waals surface area contributed by atoms with Crippen LogP contribution >= 0.6 is 0 Å². The molecule has 1 aliphatic rings. The molecule has 104 valence electrons. The molecule has 0 bridgehead atoms. The van der Waals surface area contributed by atoms with Gasteiger partial charge in [0.2, 0.25) is 0 Å². The van der Waals surface area contributed by atoms with Crippen molar-refractivity contribution in [2.45, 2.75) is 39.0 Å². The van der Waals surface area contributed by atoms with E-state index in [1.165, 1.54) is 37.9 Å². The topological polar surface area (TPSA) is 62.2 Å². The standard InChI is InChI=1S/C15H22N2O2/c1-11-4-2-5-12(10-11)7-9-17-15(19)14-13(18)6-3-8-16-14/h3,6,8,11-12,18H,2,4-5,7,9-10H2,1H3,(H,17,19). The Hall–Kier alpha value is -1.58. The summed E-state index contributed by atoms with van der Waals surface area (Å²) in [7, 11) is 0. The van der Waals surface area contributed by atoms with Gasteiger partial charge in [0.05, 0.1) is 0 Å². The molecule has 2 N–H and O–H groups in total. The molecule has 19 heavy (non-hydrogen) atoms. The predicted molar refractivity (Wildman–Crippen MR) is 74.0 cm³/mol. The van der Waals surface area contributed by atoms with Crippen LogP contribution in [0.25, 0.3) is 0 Å². The molecular formula is C15H22N2O2. The van der Waals surface area contributed by atoms with Crippen LogP contribution in [0.1, 0.15) is 49.5 Å². The smallest absolute Gasteiger partial charge is 0.273 e. The lowest BCUT2D eigenvalue weighted by molar-refractivity contribution is 0.0941. The van der Waals surface area contributed by atoms with Crippen molar-refractivity contribution in [1.82, 2.24) is 10.3 Å². The van der Waals surface area contributed by atoms with Gasteiger partial charge in [0.25, 0.3) is 5.91 Å². The number of hydrogen-bond donors (Lipinski definition) is 2. The van der Waals surface area contributed by atoms with E-state index in [2.05, 4.69) is 17.2 Å². The van der Waals surface area contributed by atoms with Crippen molar-refractivity contribution in [1.29, 1.82) is 0 Å². The first kappa shape index (κ1) is 13.8. The van der Waals surface area contributed by atoms with Crippen LogP contribution in [-0.4, -0.2) is 22.5 Å². The average molecular weight is 262 g/mol. The summed E-state index contributed by atoms with van der Waals surface area (Å²) in [5.74, 6) is 1.18. The Morgan fingerprint density at radius 2 is 2.37 bits per heavy atom. The fourth-order valence-corrected chi connectivity index (χ4v) is 2.87. The van der Waals surface area contributed by atoms with Gasteiger partial charge in [-0.25, -0.2) is 4.98 Å². The third kappa shape index (κ3) is 3.94. The molecular weight excluding hydrogens is 240 g/mol. The van der Waals surface area contributed by atoms with Crippen molar-refractivity contribution < 1.29 is 9.90 Å². The highest BCUT2D eigenvalue weighted by Gasteiger charge is 2.19. The van der Waals surface area contributed by atoms with Crippen LogP contribution < -0.4 is 5.32 Å². The molecule has 2 rings (SSSR count). The lowest BCUT2D eigenvalue weighted by atomic mass is 9.81. The number of aromatic hydroxyl groups is 1. The minimum atomic E-state index is -0.290. The second-order valence-electron chi connectivity index (χ2n) is 5.55. The highest BCUT2D eigenvalue weighted by Crippen LogP contribution is 2.30. The number of hydrogen-bond acceptors (Lipinski definition) is 3. The van der Waals surface area contributed by atoms with Crippen LogP contribution in [0.2, 0.25) is 0 Å². The molecule has 0 aromatic carbocycles. The van der Waals surface area contributed by atoms with E-state index in [0.717, 1.165) is 18.3 Å². The number of pyridine rings is 1. The van der Waals surface area contributed by atoms with Crippen molar-refractivity contribution in [2.75, 3.05) is 6.54 Å². The maximum Gasteiger partial charge on any atom is 0.273 e. The highest BCUT2D eigenvalue weighted by molar-refractivity contribution is 5.94. The molecule has 1 fully saturated rings. The van der Waals surface area contributed by atoms with E-state index in [9.17, 15) is 9.90 Å². The summed E-state index contributed by atoms with van der Waals surface area (Å²) in [6.45, 7) is 2.96. The van der Waals surface area contributed by atoms with Crippen molar-refractivity contribution >= 4 is 5.91 Å². The van der Waals surface area contributed by atoms with Crippen LogP contribution in [0, 0.1) is 11.8 Å². The molecule has 1 saturated carbocycles. The predicted octanol–water partition coefficient (Wildman–Crippen LogP) is 2.73. The van der Waals surface area contributed by atoms with Crippen LogP contribution in [0.15, 0.2) is 18.3 Å². The Bertz CT molecular complexity index is 434. The number of rotatable bonds is 4. The van der Waals surface area contributed by atoms with Crippen LogP contribution in [0.5, 0.6) is 5.75 Å². The van der Waals surface area contributed by atoms with Gasteiger partial charge >= 0.3 is 0 Å². The van der Waals surface area contributed by atoms with Gasteiger partial charge in [-0.1, -0.05) is 26.2 Å². The van der Waals surface area contributed by atoms with E-state index < -0.39 is 0 Å². The van der Waals surface area contributed by atoms with Crippen LogP contribution in [0.4, 0.5) is 0 Å². The molecule has 2 atom stereocenters. The van der Waals surface area contributed by atoms with Gasteiger partial charge in [-0.3, -0.25) is 4.79 Å². The van der Waals surface area contributed by atoms with E-state index >= 15 is 0 Å². The van der Waals surface area contributed by atoms with Crippen LogP contribution in [0.3, 0.4) is 0 Å². The first-order valence-corrected chi connectivity index (χ1v) is 7.09. The van der Waals surface area contributed by atoms with Crippen molar-refractivity contribution in [2.24, 2.45) is 11.8 Å². The van der Waals surface area contributed by atoms with E-state index in [1.807, 2.05) is 0 Å². The molecule has 0 saturated heterocycles. The maximum absolute atomic E-state index is 11.8. The molecule has 1 amide bonds. The number of nitrogens with zero attached hydrogens (tertiary/aromatic N) is 1. The van der Waals surface area contributed by atoms with E-state index in [1.54, 1.807) is 6.07 Å². The van der Waals surface area contributed by atoms with Gasteiger partial charge in [0.1, 0.15) is 5.75 Å². The first-order valence-electron chi connectivity index (χ1n) is 7.09. The Morgan fingerprint density at radius 3 is 3.11 bits per heavy atom. The van der Waals surface area contributed by atoms with Gasteiger partial charge < -0.3 is 10.4 Å². The van der Waals surface area contributed by atoms with Crippen molar-refractivity contribution in [3.8, 4) is 5.75 Å². The second-order valence-corrected chi connectivity index (χ2v) is 5.55. The molecule has 1 aliphatic carbocycles. The summed E-state index contributed by atoms with van der Waals surface area (Å²) >= 11 is 0. The van der Waals surface area contributed by atoms with Crippen molar-refractivity contribution in [3.05, 3.63) is 24.0 Å². The monoisotopic (exact) mass is 262 g/mol. The number of amides is 1. The van der Waals surface area contributed by atoms with Gasteiger partial charge in [-0.05, 0) is 36.8 Å². The summed E-state index contributed by atoms with van der Waals surface area (Å²) in [5, 5.41) is 12.4. The van der Waals surface area contributed by atoms with Gasteiger partial charge in [-0.15, -0.1) is 0 Å². The number of carbonyl (C=O) groups excluding carboxylic acids is 1. The largest absolute Gasteiger partial charge is 0.505 e. The highest BCUT2D eigenvalue weighted by atomic mass is 16.3. The minimum absolute atomic E-state index is 0.0636. The van der Waals surface area contributed by atoms with Gasteiger partial charge in [-0.2, -0.15) is 0 Å². The number of carbonyl (C=O) groups is 1. The second kappa shape index (κ2) is 6.55. The molecule has 1 aromatic heterocycles. The minimum Gasteiger partial charge on any atom is -0.505 e. The third-order valence-electron chi connectivity index (χ3n) is 3.88. The number of nitrogens with one attached hydrogen (secondary N) is 1. The molecule has 1 heterocycles. The average Bonchev–Trinajstić information content (AvgIpc) is 2.39. The van der Waals surface area contributed by atoms with Gasteiger partial charge in [0, 0.05) is 12.7 Å². The van der Waals surface area contributed by atoms with Gasteiger partial charge in [0.15, 0.2) is 5.69 Å². The fraction of sp³-hybridized carbons (Fsp3) is 0.600. The maximum atomic E-state index is 11.8. The molecule has 0 spiro atoms. The quantitative estimate of drug-likeness (QED) is 0.877. The van der Waals surface area contributed by atoms with Crippen LogP contribution in [-0.2, 0) is 0 Å². The van der Waals surface area contributed by atoms with E-state index in [0.29, 0.717) is 6.54 Å². The molecule has 4 nitrogen and oxygen atoms in total. The Kier molecular flexibility index (Phi) is 4.77. The lowest BCUT2D eigenvalue weighted by Crippen LogP contribution is -2.27.